The molecule has 1 unspecified atom stereocenters. The van der Waals surface area contributed by atoms with Crippen molar-refractivity contribution in [2.24, 2.45) is 5.92 Å². The summed E-state index contributed by atoms with van der Waals surface area (Å²) >= 11 is 0. The Labute approximate surface area is 310 Å². The van der Waals surface area contributed by atoms with Crippen molar-refractivity contribution in [1.29, 1.82) is 0 Å². The highest BCUT2D eigenvalue weighted by Gasteiger charge is 2.31. The number of benzene rings is 3. The molecule has 5 nitrogen and oxygen atoms in total. The Balaban J connectivity index is 1.34. The molecule has 0 bridgehead atoms. The summed E-state index contributed by atoms with van der Waals surface area (Å²) in [5.74, 6) is 3.95. The lowest BCUT2D eigenvalue weighted by molar-refractivity contribution is 0.445. The first-order valence-electron chi connectivity index (χ1n) is 19.9. The van der Waals surface area contributed by atoms with Crippen LogP contribution in [0.15, 0.2) is 90.6 Å². The summed E-state index contributed by atoms with van der Waals surface area (Å²) in [5.41, 5.74) is 11.5. The Hall–Kier alpha value is -4.64. The molecule has 3 aromatic carbocycles. The van der Waals surface area contributed by atoms with Crippen LogP contribution in [0.1, 0.15) is 127 Å². The monoisotopic (exact) mass is 692 g/mol. The van der Waals surface area contributed by atoms with Crippen molar-refractivity contribution in [3.05, 3.63) is 119 Å². The summed E-state index contributed by atoms with van der Waals surface area (Å²) in [5, 5.41) is 7.85. The number of pyridine rings is 1. The molecule has 0 N–H and O–H groups in total. The fraction of sp³-hybridized carbons (Fsp3) is 0.404. The first-order chi connectivity index (χ1) is 25.3. The molecule has 2 atom stereocenters. The van der Waals surface area contributed by atoms with E-state index in [1.165, 1.54) is 70.1 Å². The number of fused-ring (bicyclic) bond motifs is 3. The number of hydrogen-bond donors (Lipinski definition) is 0. The normalized spacial score (nSPS) is 16.3. The Morgan fingerprint density at radius 1 is 0.827 bits per heavy atom. The quantitative estimate of drug-likeness (QED) is 0.113. The molecule has 270 valence electrons. The first-order valence-corrected chi connectivity index (χ1v) is 19.9. The van der Waals surface area contributed by atoms with E-state index < -0.39 is 0 Å². The highest BCUT2D eigenvalue weighted by Crippen LogP contribution is 2.43. The SMILES string of the molecule is CCCCc1ccnc(-n2c3ccccc3c3ccc(Oc4cc(C(C)C)cc(-n5nc(CCC)c([C@H]6C(C)=CCCC6C)c5CCC)c4)cc32)c1. The maximum atomic E-state index is 6.85. The van der Waals surface area contributed by atoms with E-state index in [1.807, 2.05) is 6.20 Å². The van der Waals surface area contributed by atoms with Crippen LogP contribution in [0.25, 0.3) is 33.3 Å². The van der Waals surface area contributed by atoms with Crippen LogP contribution in [-0.2, 0) is 19.3 Å². The topological polar surface area (TPSA) is 44.9 Å². The minimum absolute atomic E-state index is 0.335. The molecule has 7 rings (SSSR count). The average Bonchev–Trinajstić information content (AvgIpc) is 3.66. The van der Waals surface area contributed by atoms with Gasteiger partial charge in [-0.2, -0.15) is 5.10 Å². The van der Waals surface area contributed by atoms with Gasteiger partial charge in [-0.15, -0.1) is 0 Å². The molecule has 0 saturated carbocycles. The molecule has 1 aliphatic carbocycles. The van der Waals surface area contributed by atoms with E-state index in [0.29, 0.717) is 17.8 Å². The third kappa shape index (κ3) is 6.95. The zero-order valence-electron chi connectivity index (χ0n) is 32.4. The average molecular weight is 693 g/mol. The standard InChI is InChI=1S/C47H56N4O/c1-8-11-19-34-24-25-48-45(26-34)50-42-21-13-12-20-39(42)40-23-22-37(30-44(40)50)52-38-28-35(31(4)5)27-36(29-38)51-43(16-10-3)47(41(49-51)15-9-2)46-32(6)17-14-18-33(46)7/h12-13,17,20-31,33,46H,8-11,14-16,18-19H2,1-7H3/t33?,46-/m0/s1. The van der Waals surface area contributed by atoms with Gasteiger partial charge in [0, 0.05) is 46.3 Å². The van der Waals surface area contributed by atoms with Crippen LogP contribution >= 0.6 is 0 Å². The Morgan fingerprint density at radius 3 is 2.40 bits per heavy atom. The Bertz CT molecular complexity index is 2220. The van der Waals surface area contributed by atoms with Crippen LogP contribution < -0.4 is 4.74 Å². The molecule has 0 amide bonds. The number of aromatic nitrogens is 4. The van der Waals surface area contributed by atoms with Gasteiger partial charge in [0.25, 0.3) is 0 Å². The molecule has 52 heavy (non-hydrogen) atoms. The number of ether oxygens (including phenoxy) is 1. The van der Waals surface area contributed by atoms with Crippen molar-refractivity contribution < 1.29 is 4.74 Å². The predicted molar refractivity (Wildman–Crippen MR) is 218 cm³/mol. The lowest BCUT2D eigenvalue weighted by Crippen LogP contribution is -2.18. The summed E-state index contributed by atoms with van der Waals surface area (Å²) in [6.07, 6.45) is 14.4. The van der Waals surface area contributed by atoms with Gasteiger partial charge in [0.05, 0.1) is 22.4 Å². The molecule has 1 aliphatic rings. The number of unbranched alkanes of at least 4 members (excludes halogenated alkanes) is 1. The summed E-state index contributed by atoms with van der Waals surface area (Å²) < 4.78 is 11.4. The van der Waals surface area contributed by atoms with Crippen molar-refractivity contribution in [3.63, 3.8) is 0 Å². The number of rotatable bonds is 13. The molecule has 3 aromatic heterocycles. The largest absolute Gasteiger partial charge is 0.457 e. The highest BCUT2D eigenvalue weighted by molar-refractivity contribution is 6.09. The first kappa shape index (κ1) is 35.7. The Morgan fingerprint density at radius 2 is 1.63 bits per heavy atom. The number of para-hydroxylation sites is 1. The van der Waals surface area contributed by atoms with Crippen molar-refractivity contribution >= 4 is 21.8 Å². The van der Waals surface area contributed by atoms with Gasteiger partial charge >= 0.3 is 0 Å². The van der Waals surface area contributed by atoms with Crippen LogP contribution in [0, 0.1) is 5.92 Å². The van der Waals surface area contributed by atoms with Crippen molar-refractivity contribution in [2.75, 3.05) is 0 Å². The molecule has 0 spiro atoms. The van der Waals surface area contributed by atoms with E-state index in [9.17, 15) is 0 Å². The van der Waals surface area contributed by atoms with Crippen molar-refractivity contribution in [3.8, 4) is 23.0 Å². The molecule has 5 heteroatoms. The molecule has 0 aliphatic heterocycles. The van der Waals surface area contributed by atoms with E-state index in [1.54, 1.807) is 0 Å². The molecular weight excluding hydrogens is 637 g/mol. The van der Waals surface area contributed by atoms with Crippen molar-refractivity contribution in [1.82, 2.24) is 19.3 Å². The minimum Gasteiger partial charge on any atom is -0.457 e. The van der Waals surface area contributed by atoms with E-state index in [0.717, 1.165) is 66.1 Å². The number of aryl methyl sites for hydroxylation is 2. The van der Waals surface area contributed by atoms with Gasteiger partial charge in [-0.1, -0.05) is 90.7 Å². The second-order valence-corrected chi connectivity index (χ2v) is 15.4. The maximum absolute atomic E-state index is 6.85. The molecular formula is C47H56N4O. The second-order valence-electron chi connectivity index (χ2n) is 15.4. The zero-order chi connectivity index (χ0) is 36.4. The minimum atomic E-state index is 0.335. The lowest BCUT2D eigenvalue weighted by atomic mass is 9.74. The molecule has 0 saturated heterocycles. The van der Waals surface area contributed by atoms with E-state index in [-0.39, 0.29) is 0 Å². The molecule has 0 fully saturated rings. The van der Waals surface area contributed by atoms with Crippen LogP contribution in [0.3, 0.4) is 0 Å². The lowest BCUT2D eigenvalue weighted by Gasteiger charge is -2.30. The Kier molecular flexibility index (Phi) is 10.7. The van der Waals surface area contributed by atoms with Gasteiger partial charge in [-0.3, -0.25) is 4.57 Å². The fourth-order valence-corrected chi connectivity index (χ4v) is 8.45. The van der Waals surface area contributed by atoms with Gasteiger partial charge in [0.1, 0.15) is 17.3 Å². The van der Waals surface area contributed by atoms with Gasteiger partial charge < -0.3 is 4.74 Å². The summed E-state index contributed by atoms with van der Waals surface area (Å²) in [7, 11) is 0. The molecule has 6 aromatic rings. The van der Waals surface area contributed by atoms with Gasteiger partial charge in [-0.25, -0.2) is 9.67 Å². The molecule has 0 radical (unpaired) electrons. The van der Waals surface area contributed by atoms with Gasteiger partial charge in [-0.05, 0) is 111 Å². The smallest absolute Gasteiger partial charge is 0.137 e. The maximum Gasteiger partial charge on any atom is 0.137 e. The zero-order valence-corrected chi connectivity index (χ0v) is 32.4. The fourth-order valence-electron chi connectivity index (χ4n) is 8.45. The van der Waals surface area contributed by atoms with Gasteiger partial charge in [0.2, 0.25) is 0 Å². The third-order valence-corrected chi connectivity index (χ3v) is 11.1. The number of hydrogen-bond acceptors (Lipinski definition) is 3. The van der Waals surface area contributed by atoms with Crippen LogP contribution in [0.5, 0.6) is 11.5 Å². The van der Waals surface area contributed by atoms with Gasteiger partial charge in [0.15, 0.2) is 0 Å². The van der Waals surface area contributed by atoms with Crippen LogP contribution in [-0.4, -0.2) is 19.3 Å². The van der Waals surface area contributed by atoms with Crippen LogP contribution in [0.2, 0.25) is 0 Å². The van der Waals surface area contributed by atoms with Crippen LogP contribution in [0.4, 0.5) is 0 Å². The van der Waals surface area contributed by atoms with E-state index in [2.05, 4.69) is 137 Å². The summed E-state index contributed by atoms with van der Waals surface area (Å²) in [6.45, 7) is 16.1. The van der Waals surface area contributed by atoms with Crippen molar-refractivity contribution in [2.45, 2.75) is 118 Å². The molecule has 3 heterocycles. The van der Waals surface area contributed by atoms with E-state index in [4.69, 9.17) is 14.8 Å². The van der Waals surface area contributed by atoms with E-state index >= 15 is 0 Å². The number of nitrogens with zero attached hydrogens (tertiary/aromatic N) is 4. The number of allylic oxidation sites excluding steroid dienone is 2. The summed E-state index contributed by atoms with van der Waals surface area (Å²) in [6, 6.07) is 26.3. The summed E-state index contributed by atoms with van der Waals surface area (Å²) in [4.78, 5) is 4.88. The highest BCUT2D eigenvalue weighted by atomic mass is 16.5. The second kappa shape index (κ2) is 15.5. The predicted octanol–water partition coefficient (Wildman–Crippen LogP) is 13.0. The third-order valence-electron chi connectivity index (χ3n) is 11.1.